The third kappa shape index (κ3) is 6.51. The number of hydrogen-bond donors (Lipinski definition) is 1. The van der Waals surface area contributed by atoms with Crippen molar-refractivity contribution >= 4 is 12.2 Å². The predicted molar refractivity (Wildman–Crippen MR) is 116 cm³/mol. The van der Waals surface area contributed by atoms with Gasteiger partial charge in [-0.15, -0.1) is 0 Å². The van der Waals surface area contributed by atoms with Crippen molar-refractivity contribution in [1.29, 1.82) is 0 Å². The van der Waals surface area contributed by atoms with Crippen molar-refractivity contribution in [2.45, 2.75) is 51.9 Å². The molecule has 0 aromatic heterocycles. The SMILES string of the molecule is CC(C)(C)OC(=O)N1CC=C(C2=CCC(NC(=O)OCc3ccccc3)C=C2)CC1. The summed E-state index contributed by atoms with van der Waals surface area (Å²) in [5.41, 5.74) is 2.84. The van der Waals surface area contributed by atoms with Crippen LogP contribution in [0.1, 0.15) is 39.2 Å². The Bertz CT molecular complexity index is 850. The molecule has 6 nitrogen and oxygen atoms in total. The minimum Gasteiger partial charge on any atom is -0.445 e. The molecule has 0 fully saturated rings. The van der Waals surface area contributed by atoms with Crippen LogP contribution >= 0.6 is 0 Å². The van der Waals surface area contributed by atoms with Crippen molar-refractivity contribution in [3.05, 3.63) is 71.3 Å². The van der Waals surface area contributed by atoms with Gasteiger partial charge in [0.2, 0.25) is 0 Å². The summed E-state index contributed by atoms with van der Waals surface area (Å²) >= 11 is 0. The van der Waals surface area contributed by atoms with Crippen LogP contribution in [-0.2, 0) is 16.1 Å². The monoisotopic (exact) mass is 410 g/mol. The average Bonchev–Trinajstić information content (AvgIpc) is 2.72. The van der Waals surface area contributed by atoms with E-state index >= 15 is 0 Å². The summed E-state index contributed by atoms with van der Waals surface area (Å²) in [6, 6.07) is 9.52. The number of amides is 2. The standard InChI is InChI=1S/C24H30N2O4/c1-24(2,3)30-23(28)26-15-13-20(14-16-26)19-9-11-21(12-10-19)25-22(27)29-17-18-7-5-4-6-8-18/h4-11,13,21H,12,14-17H2,1-3H3,(H,25,27). The number of hydrogen-bond acceptors (Lipinski definition) is 4. The van der Waals surface area contributed by atoms with Gasteiger partial charge in [-0.2, -0.15) is 0 Å². The molecule has 0 spiro atoms. The molecule has 1 unspecified atom stereocenters. The van der Waals surface area contributed by atoms with Crippen LogP contribution in [0, 0.1) is 0 Å². The second-order valence-corrected chi connectivity index (χ2v) is 8.47. The third-order valence-corrected chi connectivity index (χ3v) is 4.85. The number of benzene rings is 1. The molecule has 1 aliphatic heterocycles. The van der Waals surface area contributed by atoms with Gasteiger partial charge in [-0.3, -0.25) is 0 Å². The maximum absolute atomic E-state index is 12.2. The molecule has 1 heterocycles. The Kier molecular flexibility index (Phi) is 6.98. The Balaban J connectivity index is 1.44. The number of nitrogens with one attached hydrogen (secondary N) is 1. The minimum atomic E-state index is -0.486. The first-order chi connectivity index (χ1) is 14.3. The van der Waals surface area contributed by atoms with Crippen molar-refractivity contribution in [2.75, 3.05) is 13.1 Å². The Morgan fingerprint density at radius 1 is 1.17 bits per heavy atom. The molecule has 1 aromatic carbocycles. The predicted octanol–water partition coefficient (Wildman–Crippen LogP) is 4.73. The Morgan fingerprint density at radius 2 is 1.93 bits per heavy atom. The van der Waals surface area contributed by atoms with Gasteiger partial charge in [0.15, 0.2) is 0 Å². The highest BCUT2D eigenvalue weighted by molar-refractivity contribution is 5.69. The van der Waals surface area contributed by atoms with Crippen LogP contribution < -0.4 is 5.32 Å². The zero-order valence-corrected chi connectivity index (χ0v) is 17.9. The van der Waals surface area contributed by atoms with Gasteiger partial charge in [0.05, 0.1) is 6.04 Å². The fourth-order valence-electron chi connectivity index (χ4n) is 3.31. The molecule has 3 rings (SSSR count). The Hall–Kier alpha value is -3.02. The first-order valence-corrected chi connectivity index (χ1v) is 10.3. The summed E-state index contributed by atoms with van der Waals surface area (Å²) in [4.78, 5) is 25.9. The highest BCUT2D eigenvalue weighted by Gasteiger charge is 2.24. The second-order valence-electron chi connectivity index (χ2n) is 8.47. The number of nitrogens with zero attached hydrogens (tertiary/aromatic N) is 1. The van der Waals surface area contributed by atoms with E-state index in [2.05, 4.69) is 17.5 Å². The second kappa shape index (κ2) is 9.65. The normalized spacial score (nSPS) is 18.9. The van der Waals surface area contributed by atoms with Gasteiger partial charge >= 0.3 is 12.2 Å². The minimum absolute atomic E-state index is 0.0838. The lowest BCUT2D eigenvalue weighted by molar-refractivity contribution is 0.0266. The Morgan fingerprint density at radius 3 is 2.53 bits per heavy atom. The summed E-state index contributed by atoms with van der Waals surface area (Å²) in [6.07, 6.45) is 9.01. The molecule has 0 saturated heterocycles. The molecule has 1 N–H and O–H groups in total. The molecule has 1 aliphatic carbocycles. The Labute approximate surface area is 178 Å². The molecule has 30 heavy (non-hydrogen) atoms. The molecule has 6 heteroatoms. The third-order valence-electron chi connectivity index (χ3n) is 4.85. The van der Waals surface area contributed by atoms with Crippen molar-refractivity contribution in [3.63, 3.8) is 0 Å². The highest BCUT2D eigenvalue weighted by Crippen LogP contribution is 2.25. The molecule has 1 atom stereocenters. The van der Waals surface area contributed by atoms with E-state index in [0.717, 1.165) is 17.6 Å². The van der Waals surface area contributed by atoms with Crippen LogP contribution in [0.4, 0.5) is 9.59 Å². The smallest absolute Gasteiger partial charge is 0.410 e. The van der Waals surface area contributed by atoms with Gasteiger partial charge in [0.25, 0.3) is 0 Å². The zero-order chi connectivity index (χ0) is 21.6. The maximum atomic E-state index is 12.2. The van der Waals surface area contributed by atoms with Crippen LogP contribution in [-0.4, -0.2) is 41.8 Å². The first-order valence-electron chi connectivity index (χ1n) is 10.3. The summed E-state index contributed by atoms with van der Waals surface area (Å²) in [5.74, 6) is 0. The lowest BCUT2D eigenvalue weighted by Gasteiger charge is -2.30. The topological polar surface area (TPSA) is 67.9 Å². The molecule has 1 aromatic rings. The van der Waals surface area contributed by atoms with Crippen LogP contribution in [0.3, 0.4) is 0 Å². The van der Waals surface area contributed by atoms with E-state index in [4.69, 9.17) is 9.47 Å². The summed E-state index contributed by atoms with van der Waals surface area (Å²) in [7, 11) is 0. The van der Waals surface area contributed by atoms with Crippen LogP contribution in [0.15, 0.2) is 65.8 Å². The van der Waals surface area contributed by atoms with E-state index < -0.39 is 11.7 Å². The van der Waals surface area contributed by atoms with Crippen LogP contribution in [0.25, 0.3) is 0 Å². The van der Waals surface area contributed by atoms with Gasteiger partial charge in [-0.05, 0) is 50.3 Å². The van der Waals surface area contributed by atoms with Gasteiger partial charge in [-0.1, -0.05) is 54.6 Å². The number of ether oxygens (including phenoxy) is 2. The van der Waals surface area contributed by atoms with E-state index in [1.807, 2.05) is 63.3 Å². The van der Waals surface area contributed by atoms with Crippen LogP contribution in [0.5, 0.6) is 0 Å². The van der Waals surface area contributed by atoms with Gasteiger partial charge in [0.1, 0.15) is 12.2 Å². The quantitative estimate of drug-likeness (QED) is 0.779. The molecule has 0 bridgehead atoms. The van der Waals surface area contributed by atoms with Crippen LogP contribution in [0.2, 0.25) is 0 Å². The molecule has 2 amide bonds. The lowest BCUT2D eigenvalue weighted by Crippen LogP contribution is -2.39. The van der Waals surface area contributed by atoms with E-state index in [9.17, 15) is 9.59 Å². The van der Waals surface area contributed by atoms with E-state index in [-0.39, 0.29) is 18.7 Å². The first kappa shape index (κ1) is 21.7. The van der Waals surface area contributed by atoms with Gasteiger partial charge in [0, 0.05) is 13.1 Å². The number of carbonyl (C=O) groups is 2. The summed E-state index contributed by atoms with van der Waals surface area (Å²) < 4.78 is 10.7. The van der Waals surface area contributed by atoms with Crippen molar-refractivity contribution in [2.24, 2.45) is 0 Å². The molecule has 160 valence electrons. The molecular weight excluding hydrogens is 380 g/mol. The fraction of sp³-hybridized carbons (Fsp3) is 0.417. The van der Waals surface area contributed by atoms with E-state index in [1.165, 1.54) is 5.57 Å². The number of allylic oxidation sites excluding steroid dienone is 2. The van der Waals surface area contributed by atoms with E-state index in [0.29, 0.717) is 19.5 Å². The number of carbonyl (C=O) groups excluding carboxylic acids is 2. The highest BCUT2D eigenvalue weighted by atomic mass is 16.6. The largest absolute Gasteiger partial charge is 0.445 e. The fourth-order valence-corrected chi connectivity index (χ4v) is 3.31. The number of rotatable bonds is 4. The zero-order valence-electron chi connectivity index (χ0n) is 17.9. The summed E-state index contributed by atoms with van der Waals surface area (Å²) in [6.45, 7) is 7.05. The van der Waals surface area contributed by atoms with Gasteiger partial charge in [-0.25, -0.2) is 9.59 Å². The average molecular weight is 411 g/mol. The van der Waals surface area contributed by atoms with Crippen molar-refractivity contribution in [1.82, 2.24) is 10.2 Å². The molecular formula is C24H30N2O4. The number of alkyl carbamates (subject to hydrolysis) is 1. The van der Waals surface area contributed by atoms with E-state index in [1.54, 1.807) is 4.90 Å². The van der Waals surface area contributed by atoms with Crippen molar-refractivity contribution in [3.8, 4) is 0 Å². The summed E-state index contributed by atoms with van der Waals surface area (Å²) in [5, 5.41) is 2.87. The molecule has 0 saturated carbocycles. The van der Waals surface area contributed by atoms with Gasteiger partial charge < -0.3 is 19.7 Å². The molecule has 0 radical (unpaired) electrons. The van der Waals surface area contributed by atoms with Crippen molar-refractivity contribution < 1.29 is 19.1 Å². The molecule has 2 aliphatic rings. The lowest BCUT2D eigenvalue weighted by atomic mass is 9.93. The maximum Gasteiger partial charge on any atom is 0.410 e.